The molecule has 1 aromatic heterocycles. The fraction of sp³-hybridized carbons (Fsp3) is 0.417. The fourth-order valence-corrected chi connectivity index (χ4v) is 2.72. The van der Waals surface area contributed by atoms with Crippen LogP contribution >= 0.6 is 0 Å². The van der Waals surface area contributed by atoms with Crippen molar-refractivity contribution in [1.82, 2.24) is 15.3 Å². The Kier molecular flexibility index (Phi) is 2.73. The van der Waals surface area contributed by atoms with Crippen molar-refractivity contribution in [3.8, 4) is 0 Å². The highest BCUT2D eigenvalue weighted by Gasteiger charge is 2.60. The van der Waals surface area contributed by atoms with Crippen LogP contribution in [0.1, 0.15) is 0 Å². The van der Waals surface area contributed by atoms with Gasteiger partial charge in [-0.2, -0.15) is 0 Å². The molecule has 0 aromatic carbocycles. The molecule has 7 heteroatoms. The summed E-state index contributed by atoms with van der Waals surface area (Å²) < 4.78 is 0. The van der Waals surface area contributed by atoms with Crippen LogP contribution in [-0.2, 0) is 4.79 Å². The van der Waals surface area contributed by atoms with Gasteiger partial charge in [0.1, 0.15) is 5.82 Å². The molecule has 0 bridgehead atoms. The summed E-state index contributed by atoms with van der Waals surface area (Å²) in [4.78, 5) is 28.1. The summed E-state index contributed by atoms with van der Waals surface area (Å²) in [5, 5.41) is 8.83. The first kappa shape index (κ1) is 11.8. The molecule has 19 heavy (non-hydrogen) atoms. The van der Waals surface area contributed by atoms with E-state index in [0.717, 1.165) is 0 Å². The first-order valence-corrected chi connectivity index (χ1v) is 6.11. The van der Waals surface area contributed by atoms with Crippen LogP contribution in [0.4, 0.5) is 10.6 Å². The van der Waals surface area contributed by atoms with Gasteiger partial charge in [-0.3, -0.25) is 15.6 Å². The summed E-state index contributed by atoms with van der Waals surface area (Å²) in [6.07, 6.45) is 0.725. The van der Waals surface area contributed by atoms with Crippen molar-refractivity contribution in [3.05, 3.63) is 24.4 Å². The minimum atomic E-state index is -0.905. The molecule has 2 aliphatic rings. The zero-order chi connectivity index (χ0) is 13.4. The van der Waals surface area contributed by atoms with Gasteiger partial charge in [0.15, 0.2) is 0 Å². The molecule has 1 saturated carbocycles. The molecule has 0 spiro atoms. The third-order valence-corrected chi connectivity index (χ3v) is 3.75. The first-order chi connectivity index (χ1) is 9.16. The summed E-state index contributed by atoms with van der Waals surface area (Å²) in [5.74, 6) is 0.745. The summed E-state index contributed by atoms with van der Waals surface area (Å²) in [5.41, 5.74) is 5.36. The van der Waals surface area contributed by atoms with Gasteiger partial charge in [0, 0.05) is 25.2 Å². The van der Waals surface area contributed by atoms with Crippen LogP contribution in [0.25, 0.3) is 0 Å². The molecule has 2 heterocycles. The molecule has 3 rings (SSSR count). The number of nitrogens with zero attached hydrogens (tertiary/aromatic N) is 2. The lowest BCUT2D eigenvalue weighted by molar-refractivity contribution is -0.122. The average Bonchev–Trinajstić information content (AvgIpc) is 2.91. The molecule has 1 aliphatic carbocycles. The molecular formula is C12H14N4O3. The highest BCUT2D eigenvalue weighted by Crippen LogP contribution is 2.51. The normalized spacial score (nSPS) is 27.6. The SMILES string of the molecule is O=C(NNc1ccccn1)C1C2CN(C(=O)O)CC21. The van der Waals surface area contributed by atoms with Crippen LogP contribution in [0, 0.1) is 17.8 Å². The number of hydrogen-bond donors (Lipinski definition) is 3. The number of rotatable bonds is 3. The number of likely N-dealkylation sites (tertiary alicyclic amines) is 1. The maximum atomic E-state index is 11.9. The molecule has 7 nitrogen and oxygen atoms in total. The van der Waals surface area contributed by atoms with Gasteiger partial charge in [-0.25, -0.2) is 9.78 Å². The van der Waals surface area contributed by atoms with Gasteiger partial charge in [-0.1, -0.05) is 6.07 Å². The van der Waals surface area contributed by atoms with E-state index in [2.05, 4.69) is 15.8 Å². The number of aromatic nitrogens is 1. The van der Waals surface area contributed by atoms with Crippen molar-refractivity contribution >= 4 is 17.8 Å². The first-order valence-electron chi connectivity index (χ1n) is 6.11. The molecule has 1 aliphatic heterocycles. The second-order valence-corrected chi connectivity index (χ2v) is 4.87. The number of hydrazine groups is 1. The summed E-state index contributed by atoms with van der Waals surface area (Å²) in [6, 6.07) is 5.36. The molecule has 100 valence electrons. The number of piperidine rings is 1. The Morgan fingerprint density at radius 1 is 1.32 bits per heavy atom. The second kappa shape index (κ2) is 4.42. The third-order valence-electron chi connectivity index (χ3n) is 3.75. The largest absolute Gasteiger partial charge is 0.465 e. The fourth-order valence-electron chi connectivity index (χ4n) is 2.72. The van der Waals surface area contributed by atoms with E-state index in [9.17, 15) is 9.59 Å². The number of amides is 2. The predicted octanol–water partition coefficient (Wildman–Crippen LogP) is 0.380. The maximum Gasteiger partial charge on any atom is 0.407 e. The Morgan fingerprint density at radius 3 is 2.63 bits per heavy atom. The van der Waals surface area contributed by atoms with Gasteiger partial charge in [0.25, 0.3) is 0 Å². The van der Waals surface area contributed by atoms with Gasteiger partial charge in [0.2, 0.25) is 5.91 Å². The molecule has 0 radical (unpaired) electrons. The minimum absolute atomic E-state index is 0.0770. The Morgan fingerprint density at radius 2 is 2.05 bits per heavy atom. The number of carbonyl (C=O) groups excluding carboxylic acids is 1. The number of carbonyl (C=O) groups is 2. The lowest BCUT2D eigenvalue weighted by Gasteiger charge is -2.15. The molecule has 3 N–H and O–H groups in total. The number of anilines is 1. The van der Waals surface area contributed by atoms with Crippen LogP contribution in [0.15, 0.2) is 24.4 Å². The van der Waals surface area contributed by atoms with E-state index in [-0.39, 0.29) is 23.7 Å². The van der Waals surface area contributed by atoms with Gasteiger partial charge in [-0.15, -0.1) is 0 Å². The van der Waals surface area contributed by atoms with Crippen molar-refractivity contribution in [2.24, 2.45) is 17.8 Å². The highest BCUT2D eigenvalue weighted by atomic mass is 16.4. The smallest absolute Gasteiger partial charge is 0.407 e. The van der Waals surface area contributed by atoms with Crippen molar-refractivity contribution in [1.29, 1.82) is 0 Å². The molecule has 2 unspecified atom stereocenters. The van der Waals surface area contributed by atoms with E-state index >= 15 is 0 Å². The highest BCUT2D eigenvalue weighted by molar-refractivity contribution is 5.84. The third kappa shape index (κ3) is 2.18. The standard InChI is InChI=1S/C12H14N4O3/c17-11(15-14-9-3-1-2-4-13-9)10-7-5-16(12(18)19)6-8(7)10/h1-4,7-8,10H,5-6H2,(H,13,14)(H,15,17)(H,18,19). The number of nitrogens with one attached hydrogen (secondary N) is 2. The van der Waals surface area contributed by atoms with E-state index in [1.807, 2.05) is 6.07 Å². The van der Waals surface area contributed by atoms with E-state index in [0.29, 0.717) is 18.9 Å². The molecule has 1 aromatic rings. The summed E-state index contributed by atoms with van der Waals surface area (Å²) in [6.45, 7) is 0.920. The quantitative estimate of drug-likeness (QED) is 0.685. The van der Waals surface area contributed by atoms with Crippen molar-refractivity contribution in [2.45, 2.75) is 0 Å². The molecular weight excluding hydrogens is 248 g/mol. The van der Waals surface area contributed by atoms with Crippen molar-refractivity contribution in [3.63, 3.8) is 0 Å². The second-order valence-electron chi connectivity index (χ2n) is 4.87. The average molecular weight is 262 g/mol. The minimum Gasteiger partial charge on any atom is -0.465 e. The van der Waals surface area contributed by atoms with Gasteiger partial charge in [0.05, 0.1) is 0 Å². The Labute approximate surface area is 109 Å². The number of hydrogen-bond acceptors (Lipinski definition) is 4. The van der Waals surface area contributed by atoms with Crippen LogP contribution in [0.5, 0.6) is 0 Å². The number of fused-ring (bicyclic) bond motifs is 1. The molecule has 2 amide bonds. The van der Waals surface area contributed by atoms with E-state index in [1.54, 1.807) is 18.3 Å². The van der Waals surface area contributed by atoms with Crippen LogP contribution in [0.3, 0.4) is 0 Å². The predicted molar refractivity (Wildman–Crippen MR) is 66.1 cm³/mol. The number of pyridine rings is 1. The number of carboxylic acid groups (broad SMARTS) is 1. The molecule has 1 saturated heterocycles. The topological polar surface area (TPSA) is 94.6 Å². The Balaban J connectivity index is 1.48. The molecule has 2 atom stereocenters. The lowest BCUT2D eigenvalue weighted by Crippen LogP contribution is -2.36. The van der Waals surface area contributed by atoms with Crippen molar-refractivity contribution < 1.29 is 14.7 Å². The monoisotopic (exact) mass is 262 g/mol. The van der Waals surface area contributed by atoms with Crippen LogP contribution in [-0.4, -0.2) is 40.1 Å². The van der Waals surface area contributed by atoms with Gasteiger partial charge >= 0.3 is 6.09 Å². The van der Waals surface area contributed by atoms with Gasteiger partial charge in [-0.05, 0) is 24.0 Å². The van der Waals surface area contributed by atoms with Crippen LogP contribution < -0.4 is 10.9 Å². The van der Waals surface area contributed by atoms with E-state index in [4.69, 9.17) is 5.11 Å². The van der Waals surface area contributed by atoms with E-state index in [1.165, 1.54) is 4.90 Å². The summed E-state index contributed by atoms with van der Waals surface area (Å²) in [7, 11) is 0. The van der Waals surface area contributed by atoms with E-state index < -0.39 is 6.09 Å². The van der Waals surface area contributed by atoms with Crippen molar-refractivity contribution in [2.75, 3.05) is 18.5 Å². The zero-order valence-corrected chi connectivity index (χ0v) is 10.1. The van der Waals surface area contributed by atoms with Gasteiger partial charge < -0.3 is 10.0 Å². The maximum absolute atomic E-state index is 11.9. The van der Waals surface area contributed by atoms with Crippen LogP contribution in [0.2, 0.25) is 0 Å². The Hall–Kier alpha value is -2.31. The lowest BCUT2D eigenvalue weighted by atomic mass is 10.2. The zero-order valence-electron chi connectivity index (χ0n) is 10.1. The Bertz CT molecular complexity index is 495. The summed E-state index contributed by atoms with van der Waals surface area (Å²) >= 11 is 0. The molecule has 2 fully saturated rings.